The fourth-order valence-corrected chi connectivity index (χ4v) is 4.40. The van der Waals surface area contributed by atoms with Crippen LogP contribution in [0.15, 0.2) is 34.9 Å². The zero-order valence-electron chi connectivity index (χ0n) is 17.8. The number of nitrogens with one attached hydrogen (secondary N) is 2. The maximum absolute atomic E-state index is 13.1. The molecule has 3 heterocycles. The van der Waals surface area contributed by atoms with Gasteiger partial charge in [0.15, 0.2) is 5.76 Å². The van der Waals surface area contributed by atoms with Crippen molar-refractivity contribution in [2.24, 2.45) is 11.8 Å². The average molecular weight is 431 g/mol. The first-order valence-electron chi connectivity index (χ1n) is 11.2. The molecule has 2 saturated heterocycles. The van der Waals surface area contributed by atoms with Gasteiger partial charge in [-0.2, -0.15) is 0 Å². The topological polar surface area (TPSA) is 79.6 Å². The van der Waals surface area contributed by atoms with E-state index in [1.165, 1.54) is 12.1 Å². The maximum Gasteiger partial charge on any atom is 0.220 e. The van der Waals surface area contributed by atoms with Gasteiger partial charge in [0, 0.05) is 44.2 Å². The Hall–Kier alpha value is -2.29. The summed E-state index contributed by atoms with van der Waals surface area (Å²) in [5, 5.41) is 10.7. The summed E-state index contributed by atoms with van der Waals surface area (Å²) >= 11 is 0. The minimum atomic E-state index is -0.275. The quantitative estimate of drug-likeness (QED) is 0.668. The summed E-state index contributed by atoms with van der Waals surface area (Å²) in [7, 11) is 0. The zero-order chi connectivity index (χ0) is 21.5. The molecule has 2 aromatic rings. The van der Waals surface area contributed by atoms with E-state index in [0.717, 1.165) is 70.0 Å². The minimum Gasteiger partial charge on any atom is -0.379 e. The minimum absolute atomic E-state index is 0.123. The van der Waals surface area contributed by atoms with Gasteiger partial charge in [0.05, 0.1) is 18.9 Å². The second-order valence-electron chi connectivity index (χ2n) is 8.41. The number of ether oxygens (including phenoxy) is 1. The molecule has 0 spiro atoms. The van der Waals surface area contributed by atoms with Gasteiger partial charge in [-0.05, 0) is 62.0 Å². The van der Waals surface area contributed by atoms with Gasteiger partial charge in [0.2, 0.25) is 5.91 Å². The molecule has 8 heteroatoms. The lowest BCUT2D eigenvalue weighted by Gasteiger charge is -2.31. The van der Waals surface area contributed by atoms with Crippen molar-refractivity contribution < 1.29 is 18.4 Å². The third-order valence-electron chi connectivity index (χ3n) is 6.23. The van der Waals surface area contributed by atoms with Crippen molar-refractivity contribution in [3.8, 4) is 11.3 Å². The Balaban J connectivity index is 1.27. The van der Waals surface area contributed by atoms with Crippen molar-refractivity contribution in [3.63, 3.8) is 0 Å². The normalized spacial score (nSPS) is 22.4. The first-order chi connectivity index (χ1) is 15.2. The molecule has 0 aliphatic carbocycles. The summed E-state index contributed by atoms with van der Waals surface area (Å²) in [6.45, 7) is 6.76. The first kappa shape index (κ1) is 21.9. The molecule has 1 aromatic carbocycles. The number of nitrogens with zero attached hydrogens (tertiary/aromatic N) is 2. The molecule has 2 aliphatic heterocycles. The summed E-state index contributed by atoms with van der Waals surface area (Å²) < 4.78 is 24.0. The van der Waals surface area contributed by atoms with Gasteiger partial charge in [-0.3, -0.25) is 9.69 Å². The number of amides is 1. The third-order valence-corrected chi connectivity index (χ3v) is 6.23. The highest BCUT2D eigenvalue weighted by Crippen LogP contribution is 2.28. The predicted molar refractivity (Wildman–Crippen MR) is 115 cm³/mol. The number of carbonyl (C=O) groups excluding carboxylic acids is 1. The van der Waals surface area contributed by atoms with Gasteiger partial charge in [0.25, 0.3) is 0 Å². The number of aromatic nitrogens is 1. The number of hydrogen-bond acceptors (Lipinski definition) is 6. The lowest BCUT2D eigenvalue weighted by atomic mass is 9.81. The number of rotatable bonds is 8. The average Bonchev–Trinajstić information content (AvgIpc) is 3.25. The Bertz CT molecular complexity index is 836. The summed E-state index contributed by atoms with van der Waals surface area (Å²) in [6.07, 6.45) is 2.27. The Morgan fingerprint density at radius 2 is 2.03 bits per heavy atom. The number of hydrogen-bond donors (Lipinski definition) is 2. The standard InChI is InChI=1S/C23H31FN4O3/c24-20-3-1-17(2-4-20)22-15-21(27-31-22)13-19-16-25-6-5-18(19)14-23(29)26-7-8-28-9-11-30-12-10-28/h1-4,15,18-19,25H,5-14,16H2,(H,26,29)/t18-,19-/m0/s1. The second-order valence-corrected chi connectivity index (χ2v) is 8.41. The van der Waals surface area contributed by atoms with E-state index in [4.69, 9.17) is 9.26 Å². The monoisotopic (exact) mass is 430 g/mol. The van der Waals surface area contributed by atoms with Gasteiger partial charge in [-0.1, -0.05) is 5.16 Å². The smallest absolute Gasteiger partial charge is 0.220 e. The van der Waals surface area contributed by atoms with Crippen LogP contribution in [0.3, 0.4) is 0 Å². The summed E-state index contributed by atoms with van der Waals surface area (Å²) in [6, 6.07) is 8.12. The Kier molecular flexibility index (Phi) is 7.66. The van der Waals surface area contributed by atoms with Crippen molar-refractivity contribution in [2.75, 3.05) is 52.5 Å². The summed E-state index contributed by atoms with van der Waals surface area (Å²) in [4.78, 5) is 14.8. The molecule has 2 fully saturated rings. The first-order valence-corrected chi connectivity index (χ1v) is 11.2. The van der Waals surface area contributed by atoms with Crippen molar-refractivity contribution in [3.05, 3.63) is 41.8 Å². The van der Waals surface area contributed by atoms with Crippen LogP contribution in [0.1, 0.15) is 18.5 Å². The molecule has 2 atom stereocenters. The van der Waals surface area contributed by atoms with E-state index < -0.39 is 0 Å². The molecular weight excluding hydrogens is 399 g/mol. The lowest BCUT2D eigenvalue weighted by Crippen LogP contribution is -2.43. The predicted octanol–water partition coefficient (Wildman–Crippen LogP) is 2.09. The largest absolute Gasteiger partial charge is 0.379 e. The van der Waals surface area contributed by atoms with E-state index in [-0.39, 0.29) is 11.7 Å². The third kappa shape index (κ3) is 6.35. The number of carbonyl (C=O) groups is 1. The highest BCUT2D eigenvalue weighted by Gasteiger charge is 2.28. The molecular formula is C23H31FN4O3. The van der Waals surface area contributed by atoms with Crippen LogP contribution in [-0.4, -0.2) is 68.4 Å². The van der Waals surface area contributed by atoms with Crippen molar-refractivity contribution in [1.82, 2.24) is 20.7 Å². The molecule has 2 N–H and O–H groups in total. The fourth-order valence-electron chi connectivity index (χ4n) is 4.40. The molecule has 168 valence electrons. The van der Waals surface area contributed by atoms with Gasteiger partial charge >= 0.3 is 0 Å². The molecule has 0 saturated carbocycles. The van der Waals surface area contributed by atoms with E-state index in [1.807, 2.05) is 6.07 Å². The maximum atomic E-state index is 13.1. The van der Waals surface area contributed by atoms with Crippen molar-refractivity contribution in [2.45, 2.75) is 19.3 Å². The van der Waals surface area contributed by atoms with Gasteiger partial charge < -0.3 is 19.9 Å². The molecule has 0 radical (unpaired) electrons. The Labute approximate surface area is 182 Å². The Morgan fingerprint density at radius 1 is 1.23 bits per heavy atom. The SMILES string of the molecule is O=C(C[C@@H]1CCNC[C@@H]1Cc1cc(-c2ccc(F)cc2)on1)NCCN1CCOCC1. The van der Waals surface area contributed by atoms with E-state index in [1.54, 1.807) is 12.1 Å². The number of halogens is 1. The van der Waals surface area contributed by atoms with E-state index in [2.05, 4.69) is 20.7 Å². The van der Waals surface area contributed by atoms with E-state index in [9.17, 15) is 9.18 Å². The van der Waals surface area contributed by atoms with E-state index >= 15 is 0 Å². The molecule has 2 aliphatic rings. The Morgan fingerprint density at radius 3 is 2.84 bits per heavy atom. The highest BCUT2D eigenvalue weighted by molar-refractivity contribution is 5.76. The van der Waals surface area contributed by atoms with Crippen LogP contribution in [0.2, 0.25) is 0 Å². The van der Waals surface area contributed by atoms with Crippen LogP contribution in [0, 0.1) is 17.7 Å². The molecule has 1 amide bonds. The molecule has 0 unspecified atom stereocenters. The van der Waals surface area contributed by atoms with Crippen LogP contribution in [0.4, 0.5) is 4.39 Å². The van der Waals surface area contributed by atoms with Crippen LogP contribution in [-0.2, 0) is 16.0 Å². The molecule has 7 nitrogen and oxygen atoms in total. The number of piperidine rings is 1. The molecule has 0 bridgehead atoms. The van der Waals surface area contributed by atoms with Gasteiger partial charge in [0.1, 0.15) is 5.82 Å². The summed E-state index contributed by atoms with van der Waals surface area (Å²) in [5.74, 6) is 1.12. The van der Waals surface area contributed by atoms with Crippen molar-refractivity contribution >= 4 is 5.91 Å². The zero-order valence-corrected chi connectivity index (χ0v) is 17.8. The highest BCUT2D eigenvalue weighted by atomic mass is 19.1. The van der Waals surface area contributed by atoms with E-state index in [0.29, 0.717) is 30.6 Å². The lowest BCUT2D eigenvalue weighted by molar-refractivity contribution is -0.122. The second kappa shape index (κ2) is 10.8. The van der Waals surface area contributed by atoms with Crippen LogP contribution >= 0.6 is 0 Å². The summed E-state index contributed by atoms with van der Waals surface area (Å²) in [5.41, 5.74) is 1.67. The number of benzene rings is 1. The molecule has 31 heavy (non-hydrogen) atoms. The molecule has 1 aromatic heterocycles. The molecule has 4 rings (SSSR count). The number of morpholine rings is 1. The fraction of sp³-hybridized carbons (Fsp3) is 0.565. The van der Waals surface area contributed by atoms with Crippen LogP contribution in [0.25, 0.3) is 11.3 Å². The van der Waals surface area contributed by atoms with Gasteiger partial charge in [-0.25, -0.2) is 4.39 Å². The van der Waals surface area contributed by atoms with Crippen molar-refractivity contribution in [1.29, 1.82) is 0 Å². The van der Waals surface area contributed by atoms with Crippen LogP contribution in [0.5, 0.6) is 0 Å². The van der Waals surface area contributed by atoms with Crippen LogP contribution < -0.4 is 10.6 Å². The van der Waals surface area contributed by atoms with Gasteiger partial charge in [-0.15, -0.1) is 0 Å².